The van der Waals surface area contributed by atoms with E-state index < -0.39 is 6.04 Å². The van der Waals surface area contributed by atoms with Crippen molar-refractivity contribution in [2.45, 2.75) is 59.2 Å². The number of hydrogen-bond donors (Lipinski definition) is 2. The highest BCUT2D eigenvalue weighted by molar-refractivity contribution is 5.85. The van der Waals surface area contributed by atoms with Gasteiger partial charge in [0.2, 0.25) is 5.91 Å². The molecule has 0 aliphatic carbocycles. The van der Waals surface area contributed by atoms with Crippen molar-refractivity contribution in [1.82, 2.24) is 10.2 Å². The van der Waals surface area contributed by atoms with Gasteiger partial charge in [-0.2, -0.15) is 0 Å². The van der Waals surface area contributed by atoms with Crippen LogP contribution in [-0.2, 0) is 17.9 Å². The van der Waals surface area contributed by atoms with Crippen molar-refractivity contribution in [1.29, 1.82) is 0 Å². The van der Waals surface area contributed by atoms with Gasteiger partial charge in [0, 0.05) is 13.1 Å². The van der Waals surface area contributed by atoms with Crippen molar-refractivity contribution in [3.63, 3.8) is 0 Å². The largest absolute Gasteiger partial charge is 0.351 e. The van der Waals surface area contributed by atoms with E-state index in [4.69, 9.17) is 5.73 Å². The van der Waals surface area contributed by atoms with E-state index in [-0.39, 0.29) is 24.2 Å². The number of benzene rings is 1. The van der Waals surface area contributed by atoms with Gasteiger partial charge in [0.1, 0.15) is 0 Å². The molecule has 1 aromatic carbocycles. The first kappa shape index (κ1) is 21.9. The quantitative estimate of drug-likeness (QED) is 0.777. The van der Waals surface area contributed by atoms with E-state index in [1.165, 1.54) is 31.5 Å². The van der Waals surface area contributed by atoms with Gasteiger partial charge in [0.05, 0.1) is 6.04 Å². The third-order valence-corrected chi connectivity index (χ3v) is 5.30. The molecule has 1 aliphatic heterocycles. The van der Waals surface area contributed by atoms with Gasteiger partial charge in [0.25, 0.3) is 0 Å². The lowest BCUT2D eigenvalue weighted by Gasteiger charge is -2.30. The Hall–Kier alpha value is -1.10. The van der Waals surface area contributed by atoms with Crippen LogP contribution in [0.5, 0.6) is 0 Å². The molecule has 1 fully saturated rings. The minimum Gasteiger partial charge on any atom is -0.351 e. The summed E-state index contributed by atoms with van der Waals surface area (Å²) in [6.45, 7) is 10.3. The maximum atomic E-state index is 12.1. The fraction of sp³-hybridized carbons (Fsp3) is 0.650. The second kappa shape index (κ2) is 10.8. The summed E-state index contributed by atoms with van der Waals surface area (Å²) < 4.78 is 0. The Bertz CT molecular complexity index is 529. The number of likely N-dealkylation sites (tertiary alicyclic amines) is 1. The second-order valence-electron chi connectivity index (χ2n) is 7.41. The van der Waals surface area contributed by atoms with Crippen LogP contribution in [0.2, 0.25) is 0 Å². The predicted octanol–water partition coefficient (Wildman–Crippen LogP) is 3.33. The first-order chi connectivity index (χ1) is 11.5. The van der Waals surface area contributed by atoms with Crippen molar-refractivity contribution < 1.29 is 4.79 Å². The molecule has 1 saturated heterocycles. The van der Waals surface area contributed by atoms with Crippen LogP contribution in [-0.4, -0.2) is 29.9 Å². The van der Waals surface area contributed by atoms with Gasteiger partial charge in [-0.1, -0.05) is 51.5 Å². The summed E-state index contributed by atoms with van der Waals surface area (Å²) in [6.07, 6.45) is 3.50. The van der Waals surface area contributed by atoms with Gasteiger partial charge >= 0.3 is 0 Å². The lowest BCUT2D eigenvalue weighted by molar-refractivity contribution is -0.123. The van der Waals surface area contributed by atoms with E-state index >= 15 is 0 Å². The molecular formula is C20H34ClN3O. The molecule has 0 spiro atoms. The first-order valence-corrected chi connectivity index (χ1v) is 9.33. The summed E-state index contributed by atoms with van der Waals surface area (Å²) >= 11 is 0. The molecule has 2 unspecified atom stereocenters. The average molecular weight is 368 g/mol. The summed E-state index contributed by atoms with van der Waals surface area (Å²) in [5, 5.41) is 2.97. The molecule has 3 N–H and O–H groups in total. The topological polar surface area (TPSA) is 58.4 Å². The Morgan fingerprint density at radius 3 is 2.60 bits per heavy atom. The number of nitrogens with two attached hydrogens (primary N) is 1. The van der Waals surface area contributed by atoms with Gasteiger partial charge < -0.3 is 11.1 Å². The second-order valence-corrected chi connectivity index (χ2v) is 7.41. The van der Waals surface area contributed by atoms with Crippen LogP contribution in [0.25, 0.3) is 0 Å². The highest BCUT2D eigenvalue weighted by atomic mass is 35.5. The number of rotatable bonds is 7. The van der Waals surface area contributed by atoms with Gasteiger partial charge in [-0.05, 0) is 48.9 Å². The molecular weight excluding hydrogens is 334 g/mol. The monoisotopic (exact) mass is 367 g/mol. The van der Waals surface area contributed by atoms with Gasteiger partial charge in [0.15, 0.2) is 0 Å². The maximum Gasteiger partial charge on any atom is 0.237 e. The van der Waals surface area contributed by atoms with E-state index in [9.17, 15) is 4.79 Å². The maximum absolute atomic E-state index is 12.1. The van der Waals surface area contributed by atoms with Gasteiger partial charge in [-0.25, -0.2) is 0 Å². The van der Waals surface area contributed by atoms with E-state index in [0.29, 0.717) is 6.54 Å². The molecule has 1 heterocycles. The fourth-order valence-electron chi connectivity index (χ4n) is 3.14. The van der Waals surface area contributed by atoms with E-state index in [1.54, 1.807) is 0 Å². The fourth-order valence-corrected chi connectivity index (χ4v) is 3.14. The van der Waals surface area contributed by atoms with Crippen LogP contribution in [0.4, 0.5) is 0 Å². The van der Waals surface area contributed by atoms with Crippen LogP contribution in [0.1, 0.15) is 51.2 Å². The third kappa shape index (κ3) is 6.96. The molecule has 0 radical (unpaired) electrons. The predicted molar refractivity (Wildman–Crippen MR) is 107 cm³/mol. The number of hydrogen-bond acceptors (Lipinski definition) is 3. The summed E-state index contributed by atoms with van der Waals surface area (Å²) in [7, 11) is 0. The van der Waals surface area contributed by atoms with Crippen molar-refractivity contribution >= 4 is 18.3 Å². The molecule has 0 bridgehead atoms. The standard InChI is InChI=1S/C20H33N3O.ClH/c1-4-16(3)19(21)20(24)22-13-17-6-5-7-18(12-17)14-23-10-8-15(2)9-11-23;/h5-7,12,15-16,19H,4,8-11,13-14,21H2,1-3H3,(H,22,24);1H. The molecule has 5 heteroatoms. The summed E-state index contributed by atoms with van der Waals surface area (Å²) in [6, 6.07) is 8.10. The molecule has 1 amide bonds. The van der Waals surface area contributed by atoms with Crippen molar-refractivity contribution in [2.24, 2.45) is 17.6 Å². The zero-order valence-electron chi connectivity index (χ0n) is 15.8. The molecule has 2 rings (SSSR count). The minimum atomic E-state index is -0.423. The zero-order chi connectivity index (χ0) is 17.5. The lowest BCUT2D eigenvalue weighted by atomic mass is 9.98. The highest BCUT2D eigenvalue weighted by Gasteiger charge is 2.19. The summed E-state index contributed by atoms with van der Waals surface area (Å²) in [5.74, 6) is 1.01. The van der Waals surface area contributed by atoms with Gasteiger partial charge in [-0.15, -0.1) is 12.4 Å². The van der Waals surface area contributed by atoms with Crippen molar-refractivity contribution in [3.8, 4) is 0 Å². The first-order valence-electron chi connectivity index (χ1n) is 9.33. The van der Waals surface area contributed by atoms with Crippen LogP contribution in [0.15, 0.2) is 24.3 Å². The number of amides is 1. The van der Waals surface area contributed by atoms with Crippen LogP contribution in [0.3, 0.4) is 0 Å². The van der Waals surface area contributed by atoms with E-state index in [1.807, 2.05) is 6.92 Å². The van der Waals surface area contributed by atoms with E-state index in [2.05, 4.69) is 48.3 Å². The molecule has 0 aromatic heterocycles. The Balaban J connectivity index is 0.00000312. The van der Waals surface area contributed by atoms with E-state index in [0.717, 1.165) is 24.4 Å². The molecule has 4 nitrogen and oxygen atoms in total. The summed E-state index contributed by atoms with van der Waals surface area (Å²) in [5.41, 5.74) is 8.44. The molecule has 1 aromatic rings. The number of halogens is 1. The summed E-state index contributed by atoms with van der Waals surface area (Å²) in [4.78, 5) is 14.6. The lowest BCUT2D eigenvalue weighted by Crippen LogP contribution is -2.44. The zero-order valence-corrected chi connectivity index (χ0v) is 16.6. The number of carbonyl (C=O) groups excluding carboxylic acids is 1. The van der Waals surface area contributed by atoms with Crippen molar-refractivity contribution in [3.05, 3.63) is 35.4 Å². The molecule has 2 atom stereocenters. The minimum absolute atomic E-state index is 0. The molecule has 0 saturated carbocycles. The van der Waals surface area contributed by atoms with Crippen molar-refractivity contribution in [2.75, 3.05) is 13.1 Å². The normalized spacial score (nSPS) is 18.2. The number of nitrogens with zero attached hydrogens (tertiary/aromatic N) is 1. The highest BCUT2D eigenvalue weighted by Crippen LogP contribution is 2.18. The third-order valence-electron chi connectivity index (χ3n) is 5.30. The number of piperidine rings is 1. The Morgan fingerprint density at radius 1 is 1.32 bits per heavy atom. The molecule has 142 valence electrons. The number of carbonyl (C=O) groups is 1. The van der Waals surface area contributed by atoms with Gasteiger partial charge in [-0.3, -0.25) is 9.69 Å². The molecule has 1 aliphatic rings. The van der Waals surface area contributed by atoms with Crippen LogP contribution >= 0.6 is 12.4 Å². The van der Waals surface area contributed by atoms with Crippen LogP contribution in [0, 0.1) is 11.8 Å². The Labute approximate surface area is 158 Å². The Morgan fingerprint density at radius 2 is 1.96 bits per heavy atom. The Kier molecular flexibility index (Phi) is 9.47. The molecule has 25 heavy (non-hydrogen) atoms. The smallest absolute Gasteiger partial charge is 0.237 e. The average Bonchev–Trinajstić information content (AvgIpc) is 2.60. The number of nitrogens with one attached hydrogen (secondary N) is 1. The van der Waals surface area contributed by atoms with Crippen LogP contribution < -0.4 is 11.1 Å². The SMILES string of the molecule is CCC(C)C(N)C(=O)NCc1cccc(CN2CCC(C)CC2)c1.Cl.